The third-order valence-corrected chi connectivity index (χ3v) is 4.58. The summed E-state index contributed by atoms with van der Waals surface area (Å²) in [7, 11) is 3.31. The first kappa shape index (κ1) is 18.6. The average molecular weight is 386 g/mol. The van der Waals surface area contributed by atoms with Crippen molar-refractivity contribution in [3.05, 3.63) is 52.4 Å². The van der Waals surface area contributed by atoms with Gasteiger partial charge in [0.05, 0.1) is 11.7 Å². The number of nitrogens with one attached hydrogen (secondary N) is 1. The van der Waals surface area contributed by atoms with E-state index in [2.05, 4.69) is 10.3 Å². The highest BCUT2D eigenvalue weighted by Crippen LogP contribution is 2.16. The van der Waals surface area contributed by atoms with Crippen LogP contribution >= 0.6 is 11.3 Å². The molecule has 0 unspecified atom stereocenters. The molecule has 2 amide bonds. The Labute approximate surface area is 159 Å². The number of amides is 2. The Bertz CT molecular complexity index is 1020. The molecule has 0 atom stereocenters. The van der Waals surface area contributed by atoms with Crippen molar-refractivity contribution in [3.8, 4) is 5.75 Å². The molecular formula is C18H18N4O4S. The number of benzene rings is 1. The average Bonchev–Trinajstić information content (AvgIpc) is 3.12. The van der Waals surface area contributed by atoms with Gasteiger partial charge in [0.1, 0.15) is 17.1 Å². The maximum absolute atomic E-state index is 12.3. The van der Waals surface area contributed by atoms with Gasteiger partial charge < -0.3 is 15.0 Å². The number of likely N-dealkylation sites (N-methyl/N-ethyl adjacent to an activating group) is 1. The molecule has 0 saturated carbocycles. The summed E-state index contributed by atoms with van der Waals surface area (Å²) < 4.78 is 6.65. The molecule has 3 rings (SSSR count). The van der Waals surface area contributed by atoms with E-state index >= 15 is 0 Å². The molecule has 0 aliphatic rings. The summed E-state index contributed by atoms with van der Waals surface area (Å²) in [5.74, 6) is 0.0329. The molecule has 140 valence electrons. The zero-order valence-corrected chi connectivity index (χ0v) is 15.7. The fraction of sp³-hybridized carbons (Fsp3) is 0.222. The molecule has 1 aromatic carbocycles. The van der Waals surface area contributed by atoms with E-state index < -0.39 is 0 Å². The minimum absolute atomic E-state index is 0.0559. The summed E-state index contributed by atoms with van der Waals surface area (Å²) in [4.78, 5) is 42.3. The molecule has 0 saturated heterocycles. The number of anilines is 1. The molecule has 2 heterocycles. The molecule has 1 N–H and O–H groups in total. The first-order valence-electron chi connectivity index (χ1n) is 8.09. The minimum Gasteiger partial charge on any atom is -0.484 e. The van der Waals surface area contributed by atoms with E-state index in [0.29, 0.717) is 21.7 Å². The SMILES string of the molecule is CN(C)C(=O)COc1ccc(NC(=O)Cn2cnc3sccc3c2=O)cc1. The highest BCUT2D eigenvalue weighted by atomic mass is 32.1. The second kappa shape index (κ2) is 8.00. The summed E-state index contributed by atoms with van der Waals surface area (Å²) in [5, 5.41) is 5.01. The second-order valence-electron chi connectivity index (χ2n) is 5.97. The third kappa shape index (κ3) is 4.50. The topological polar surface area (TPSA) is 93.5 Å². The van der Waals surface area contributed by atoms with Gasteiger partial charge in [0.15, 0.2) is 6.61 Å². The summed E-state index contributed by atoms with van der Waals surface area (Å²) >= 11 is 1.38. The van der Waals surface area contributed by atoms with Gasteiger partial charge in [-0.05, 0) is 35.7 Å². The number of thiophene rings is 1. The molecule has 9 heteroatoms. The van der Waals surface area contributed by atoms with E-state index in [4.69, 9.17) is 4.74 Å². The van der Waals surface area contributed by atoms with Crippen LogP contribution in [0.15, 0.2) is 46.8 Å². The number of fused-ring (bicyclic) bond motifs is 1. The molecule has 0 bridgehead atoms. The highest BCUT2D eigenvalue weighted by Gasteiger charge is 2.10. The predicted molar refractivity (Wildman–Crippen MR) is 103 cm³/mol. The lowest BCUT2D eigenvalue weighted by atomic mass is 10.3. The van der Waals surface area contributed by atoms with Crippen molar-refractivity contribution in [3.63, 3.8) is 0 Å². The molecule has 0 aliphatic heterocycles. The summed E-state index contributed by atoms with van der Waals surface area (Å²) in [6, 6.07) is 8.34. The smallest absolute Gasteiger partial charge is 0.262 e. The quantitative estimate of drug-likeness (QED) is 0.694. The van der Waals surface area contributed by atoms with E-state index in [-0.39, 0.29) is 30.5 Å². The van der Waals surface area contributed by atoms with Crippen LogP contribution in [-0.4, -0.2) is 47.0 Å². The number of carbonyl (C=O) groups is 2. The van der Waals surface area contributed by atoms with Crippen molar-refractivity contribution in [2.75, 3.05) is 26.0 Å². The number of nitrogens with zero attached hydrogens (tertiary/aromatic N) is 3. The van der Waals surface area contributed by atoms with Gasteiger partial charge in [0, 0.05) is 19.8 Å². The van der Waals surface area contributed by atoms with Gasteiger partial charge in [-0.3, -0.25) is 19.0 Å². The number of hydrogen-bond acceptors (Lipinski definition) is 6. The molecule has 0 fully saturated rings. The van der Waals surface area contributed by atoms with Crippen LogP contribution < -0.4 is 15.6 Å². The summed E-state index contributed by atoms with van der Waals surface area (Å²) in [5.41, 5.74) is 0.314. The Hall–Kier alpha value is -3.20. The van der Waals surface area contributed by atoms with E-state index in [1.54, 1.807) is 49.8 Å². The molecule has 2 aromatic heterocycles. The maximum Gasteiger partial charge on any atom is 0.262 e. The lowest BCUT2D eigenvalue weighted by molar-refractivity contribution is -0.130. The zero-order valence-electron chi connectivity index (χ0n) is 14.8. The van der Waals surface area contributed by atoms with Crippen LogP contribution in [0.1, 0.15) is 0 Å². The van der Waals surface area contributed by atoms with Gasteiger partial charge >= 0.3 is 0 Å². The predicted octanol–water partition coefficient (Wildman–Crippen LogP) is 1.56. The van der Waals surface area contributed by atoms with Gasteiger partial charge in [0.25, 0.3) is 11.5 Å². The van der Waals surface area contributed by atoms with Crippen molar-refractivity contribution >= 4 is 39.1 Å². The van der Waals surface area contributed by atoms with Crippen molar-refractivity contribution < 1.29 is 14.3 Å². The lowest BCUT2D eigenvalue weighted by Gasteiger charge is -2.12. The number of aromatic nitrogens is 2. The number of hydrogen-bond donors (Lipinski definition) is 1. The summed E-state index contributed by atoms with van der Waals surface area (Å²) in [6.07, 6.45) is 1.37. The van der Waals surface area contributed by atoms with Crippen LogP contribution in [0.25, 0.3) is 10.2 Å². The molecule has 0 aliphatic carbocycles. The normalized spacial score (nSPS) is 10.6. The second-order valence-corrected chi connectivity index (χ2v) is 6.86. The molecular weight excluding hydrogens is 368 g/mol. The van der Waals surface area contributed by atoms with Gasteiger partial charge in [-0.1, -0.05) is 0 Å². The van der Waals surface area contributed by atoms with Gasteiger partial charge in [0.2, 0.25) is 5.91 Å². The monoisotopic (exact) mass is 386 g/mol. The molecule has 8 nitrogen and oxygen atoms in total. The highest BCUT2D eigenvalue weighted by molar-refractivity contribution is 7.16. The molecule has 0 radical (unpaired) electrons. The van der Waals surface area contributed by atoms with Gasteiger partial charge in [-0.2, -0.15) is 0 Å². The largest absolute Gasteiger partial charge is 0.484 e. The third-order valence-electron chi connectivity index (χ3n) is 3.76. The van der Waals surface area contributed by atoms with E-state index in [9.17, 15) is 14.4 Å². The lowest BCUT2D eigenvalue weighted by Crippen LogP contribution is -2.27. The first-order chi connectivity index (χ1) is 12.9. The Kier molecular flexibility index (Phi) is 5.51. The maximum atomic E-state index is 12.3. The van der Waals surface area contributed by atoms with Crippen molar-refractivity contribution in [1.82, 2.24) is 14.5 Å². The number of rotatable bonds is 6. The van der Waals surface area contributed by atoms with Crippen LogP contribution in [0.2, 0.25) is 0 Å². The van der Waals surface area contributed by atoms with Crippen molar-refractivity contribution in [1.29, 1.82) is 0 Å². The number of ether oxygens (including phenoxy) is 1. The van der Waals surface area contributed by atoms with E-state index in [1.807, 2.05) is 0 Å². The van der Waals surface area contributed by atoms with E-state index in [1.165, 1.54) is 27.1 Å². The van der Waals surface area contributed by atoms with Crippen LogP contribution in [-0.2, 0) is 16.1 Å². The Balaban J connectivity index is 1.59. The van der Waals surface area contributed by atoms with Gasteiger partial charge in [-0.15, -0.1) is 11.3 Å². The Morgan fingerprint density at radius 1 is 1.22 bits per heavy atom. The van der Waals surface area contributed by atoms with Crippen molar-refractivity contribution in [2.45, 2.75) is 6.54 Å². The fourth-order valence-electron chi connectivity index (χ4n) is 2.27. The fourth-order valence-corrected chi connectivity index (χ4v) is 2.99. The Morgan fingerprint density at radius 2 is 1.96 bits per heavy atom. The summed E-state index contributed by atoms with van der Waals surface area (Å²) in [6.45, 7) is -0.188. The molecule has 0 spiro atoms. The molecule has 3 aromatic rings. The standard InChI is InChI=1S/C18H18N4O4S/c1-21(2)16(24)10-26-13-5-3-12(4-6-13)20-15(23)9-22-11-19-17-14(18(22)25)7-8-27-17/h3-8,11H,9-10H2,1-2H3,(H,20,23). The van der Waals surface area contributed by atoms with Crippen LogP contribution in [0, 0.1) is 0 Å². The zero-order chi connectivity index (χ0) is 19.4. The van der Waals surface area contributed by atoms with Crippen LogP contribution in [0.5, 0.6) is 5.75 Å². The van der Waals surface area contributed by atoms with E-state index in [0.717, 1.165) is 0 Å². The van der Waals surface area contributed by atoms with Crippen molar-refractivity contribution in [2.24, 2.45) is 0 Å². The number of carbonyl (C=O) groups excluding carboxylic acids is 2. The minimum atomic E-state index is -0.343. The first-order valence-corrected chi connectivity index (χ1v) is 8.97. The molecule has 27 heavy (non-hydrogen) atoms. The van der Waals surface area contributed by atoms with Crippen LogP contribution in [0.3, 0.4) is 0 Å². The van der Waals surface area contributed by atoms with Crippen LogP contribution in [0.4, 0.5) is 5.69 Å². The van der Waals surface area contributed by atoms with Gasteiger partial charge in [-0.25, -0.2) is 4.98 Å². The Morgan fingerprint density at radius 3 is 2.67 bits per heavy atom.